The van der Waals surface area contributed by atoms with Gasteiger partial charge in [0.25, 0.3) is 5.91 Å². The van der Waals surface area contributed by atoms with Crippen molar-refractivity contribution in [2.75, 3.05) is 11.4 Å². The molecule has 4 aromatic rings. The van der Waals surface area contributed by atoms with Gasteiger partial charge in [-0.25, -0.2) is 9.18 Å². The second kappa shape index (κ2) is 10.6. The molecule has 0 bridgehead atoms. The lowest BCUT2D eigenvalue weighted by atomic mass is 9.81. The van der Waals surface area contributed by atoms with Gasteiger partial charge in [0.15, 0.2) is 5.58 Å². The highest BCUT2D eigenvalue weighted by atomic mass is 19.1. The average molecular weight is 557 g/mol. The lowest BCUT2D eigenvalue weighted by Gasteiger charge is -2.45. The number of ether oxygens (including phenoxy) is 1. The normalized spacial score (nSPS) is 21.5. The van der Waals surface area contributed by atoms with Gasteiger partial charge in [0.1, 0.15) is 22.8 Å². The maximum atomic E-state index is 14.4. The molecule has 6 rings (SSSR count). The number of carbonyl (C=O) groups is 2. The fourth-order valence-electron chi connectivity index (χ4n) is 6.18. The zero-order chi connectivity index (χ0) is 28.7. The number of hydrogen-bond donors (Lipinski definition) is 0. The molecule has 3 amide bonds. The predicted molar refractivity (Wildman–Crippen MR) is 153 cm³/mol. The van der Waals surface area contributed by atoms with E-state index in [1.54, 1.807) is 18.2 Å². The molecule has 2 atom stereocenters. The highest BCUT2D eigenvalue weighted by Gasteiger charge is 2.60. The molecule has 9 heteroatoms. The van der Waals surface area contributed by atoms with Crippen LogP contribution in [0.2, 0.25) is 0 Å². The smallest absolute Gasteiger partial charge is 0.332 e. The Morgan fingerprint density at radius 1 is 1.05 bits per heavy atom. The van der Waals surface area contributed by atoms with Crippen LogP contribution in [0.25, 0.3) is 11.0 Å². The van der Waals surface area contributed by atoms with Crippen LogP contribution in [0.4, 0.5) is 14.9 Å². The molecule has 41 heavy (non-hydrogen) atoms. The summed E-state index contributed by atoms with van der Waals surface area (Å²) in [5.74, 6) is 0.0639. The Morgan fingerprint density at radius 2 is 1.85 bits per heavy atom. The summed E-state index contributed by atoms with van der Waals surface area (Å²) in [6, 6.07) is 20.8. The van der Waals surface area contributed by atoms with Crippen LogP contribution in [0.5, 0.6) is 5.75 Å². The van der Waals surface area contributed by atoms with Gasteiger partial charge in [0.2, 0.25) is 0 Å². The van der Waals surface area contributed by atoms with E-state index in [2.05, 4.69) is 23.0 Å². The van der Waals surface area contributed by atoms with Crippen LogP contribution in [-0.4, -0.2) is 51.1 Å². The molecular formula is C32H33FN4O4. The second-order valence-corrected chi connectivity index (χ2v) is 11.2. The molecule has 0 N–H and O–H groups in total. The number of aromatic nitrogens is 1. The molecule has 2 fully saturated rings. The Morgan fingerprint density at radius 3 is 2.63 bits per heavy atom. The Labute approximate surface area is 238 Å². The van der Waals surface area contributed by atoms with Gasteiger partial charge < -0.3 is 9.26 Å². The molecule has 8 nitrogen and oxygen atoms in total. The number of carbonyl (C=O) groups excluding carboxylic acids is 2. The topological polar surface area (TPSA) is 79.1 Å². The number of urea groups is 1. The maximum Gasteiger partial charge on any atom is 0.332 e. The van der Waals surface area contributed by atoms with E-state index in [9.17, 15) is 14.0 Å². The van der Waals surface area contributed by atoms with Gasteiger partial charge in [-0.05, 0) is 81.6 Å². The van der Waals surface area contributed by atoms with Crippen molar-refractivity contribution < 1.29 is 23.2 Å². The van der Waals surface area contributed by atoms with Crippen molar-refractivity contribution in [1.29, 1.82) is 0 Å². The zero-order valence-electron chi connectivity index (χ0n) is 23.4. The summed E-state index contributed by atoms with van der Waals surface area (Å²) in [4.78, 5) is 33.3. The van der Waals surface area contributed by atoms with Gasteiger partial charge in [0, 0.05) is 30.2 Å². The van der Waals surface area contributed by atoms with E-state index in [0.717, 1.165) is 16.7 Å². The van der Waals surface area contributed by atoms with Gasteiger partial charge in [-0.2, -0.15) is 0 Å². The van der Waals surface area contributed by atoms with Crippen LogP contribution in [-0.2, 0) is 17.9 Å². The number of para-hydroxylation sites is 1. The Balaban J connectivity index is 1.30. The van der Waals surface area contributed by atoms with Crippen LogP contribution in [0, 0.1) is 5.82 Å². The molecule has 1 aromatic heterocycles. The van der Waals surface area contributed by atoms with Crippen LogP contribution < -0.4 is 9.64 Å². The first-order valence-corrected chi connectivity index (χ1v) is 14.0. The van der Waals surface area contributed by atoms with Crippen molar-refractivity contribution in [3.8, 4) is 5.75 Å². The predicted octanol–water partition coefficient (Wildman–Crippen LogP) is 6.15. The molecular weight excluding hydrogens is 523 g/mol. The molecule has 0 aliphatic carbocycles. The monoisotopic (exact) mass is 556 g/mol. The highest BCUT2D eigenvalue weighted by Crippen LogP contribution is 2.43. The lowest BCUT2D eigenvalue weighted by Crippen LogP contribution is -2.59. The van der Waals surface area contributed by atoms with Gasteiger partial charge >= 0.3 is 6.03 Å². The third kappa shape index (κ3) is 4.95. The third-order valence-corrected chi connectivity index (χ3v) is 8.04. The van der Waals surface area contributed by atoms with Crippen LogP contribution in [0.1, 0.15) is 44.9 Å². The van der Waals surface area contributed by atoms with Gasteiger partial charge in [-0.15, -0.1) is 0 Å². The van der Waals surface area contributed by atoms with E-state index in [1.807, 2.05) is 50.2 Å². The van der Waals surface area contributed by atoms with E-state index < -0.39 is 17.4 Å². The number of imide groups is 1. The van der Waals surface area contributed by atoms with Crippen molar-refractivity contribution in [3.05, 3.63) is 89.9 Å². The van der Waals surface area contributed by atoms with E-state index in [4.69, 9.17) is 9.26 Å². The van der Waals surface area contributed by atoms with Gasteiger partial charge in [0.05, 0.1) is 12.6 Å². The molecule has 1 spiro atoms. The summed E-state index contributed by atoms with van der Waals surface area (Å²) < 4.78 is 25.7. The number of amides is 3. The molecule has 2 aliphatic rings. The zero-order valence-corrected chi connectivity index (χ0v) is 23.4. The minimum Gasteiger partial charge on any atom is -0.491 e. The van der Waals surface area contributed by atoms with Crippen molar-refractivity contribution >= 4 is 28.6 Å². The SMILES string of the molecule is CC(C)Oc1cccc(CN2CC[C@@]3(C[C@@H]2C)C(=O)N(Cc2noc4ccccc24)C(=O)N3c2cccc(F)c2)c1. The average Bonchev–Trinajstić information content (AvgIpc) is 3.43. The molecule has 0 unspecified atom stereocenters. The first-order chi connectivity index (χ1) is 19.7. The summed E-state index contributed by atoms with van der Waals surface area (Å²) in [7, 11) is 0. The first-order valence-electron chi connectivity index (χ1n) is 14.0. The number of halogens is 1. The fourth-order valence-corrected chi connectivity index (χ4v) is 6.18. The summed E-state index contributed by atoms with van der Waals surface area (Å²) in [5.41, 5.74) is 1.44. The Bertz CT molecular complexity index is 1600. The molecule has 2 aliphatic heterocycles. The lowest BCUT2D eigenvalue weighted by molar-refractivity contribution is -0.133. The quantitative estimate of drug-likeness (QED) is 0.254. The van der Waals surface area contributed by atoms with Crippen LogP contribution >= 0.6 is 0 Å². The molecule has 3 heterocycles. The molecule has 0 radical (unpaired) electrons. The Hall–Kier alpha value is -4.24. The van der Waals surface area contributed by atoms with E-state index in [0.29, 0.717) is 42.9 Å². The van der Waals surface area contributed by atoms with E-state index in [-0.39, 0.29) is 24.6 Å². The largest absolute Gasteiger partial charge is 0.491 e. The standard InChI is InChI=1S/C32H33FN4O4/c1-21(2)40-26-11-6-8-23(16-26)19-35-15-14-32(18-22(35)3)30(38)36(20-28-27-12-4-5-13-29(27)41-34-28)31(39)37(32)25-10-7-9-24(33)17-25/h4-13,16-17,21-22H,14-15,18-20H2,1-3H3/t22-,32+/m0/s1. The number of benzene rings is 3. The molecule has 2 saturated heterocycles. The number of rotatable bonds is 7. The Kier molecular flexibility index (Phi) is 6.99. The van der Waals surface area contributed by atoms with Gasteiger partial charge in [-0.3, -0.25) is 19.5 Å². The maximum absolute atomic E-state index is 14.4. The highest BCUT2D eigenvalue weighted by molar-refractivity contribution is 6.17. The molecule has 0 saturated carbocycles. The number of anilines is 1. The first kappa shape index (κ1) is 27.0. The fraction of sp³-hybridized carbons (Fsp3) is 0.344. The van der Waals surface area contributed by atoms with E-state index in [1.165, 1.54) is 21.9 Å². The van der Waals surface area contributed by atoms with Gasteiger partial charge in [-0.1, -0.05) is 35.5 Å². The van der Waals surface area contributed by atoms with E-state index >= 15 is 0 Å². The summed E-state index contributed by atoms with van der Waals surface area (Å²) >= 11 is 0. The van der Waals surface area contributed by atoms with Crippen molar-refractivity contribution in [2.24, 2.45) is 0 Å². The summed E-state index contributed by atoms with van der Waals surface area (Å²) in [6.07, 6.45) is 0.903. The third-order valence-electron chi connectivity index (χ3n) is 8.04. The van der Waals surface area contributed by atoms with Crippen molar-refractivity contribution in [2.45, 2.75) is 64.4 Å². The number of piperidine rings is 1. The summed E-state index contributed by atoms with van der Waals surface area (Å²) in [6.45, 7) is 7.31. The van der Waals surface area contributed by atoms with Crippen molar-refractivity contribution in [1.82, 2.24) is 15.0 Å². The summed E-state index contributed by atoms with van der Waals surface area (Å²) in [5, 5.41) is 4.90. The minimum absolute atomic E-state index is 0.0248. The van der Waals surface area contributed by atoms with Crippen LogP contribution in [0.15, 0.2) is 77.3 Å². The van der Waals surface area contributed by atoms with Crippen LogP contribution in [0.3, 0.4) is 0 Å². The minimum atomic E-state index is -1.14. The second-order valence-electron chi connectivity index (χ2n) is 11.2. The molecule has 3 aromatic carbocycles. The number of nitrogens with zero attached hydrogens (tertiary/aromatic N) is 4. The van der Waals surface area contributed by atoms with Crippen molar-refractivity contribution in [3.63, 3.8) is 0 Å². The molecule has 212 valence electrons. The number of likely N-dealkylation sites (tertiary alicyclic amines) is 1. The number of hydrogen-bond acceptors (Lipinski definition) is 6. The number of fused-ring (bicyclic) bond motifs is 1.